The van der Waals surface area contributed by atoms with Gasteiger partial charge in [-0.25, -0.2) is 0 Å². The maximum absolute atomic E-state index is 6.63. The molecule has 0 spiro atoms. The maximum atomic E-state index is 6.63. The van der Waals surface area contributed by atoms with E-state index >= 15 is 0 Å². The first kappa shape index (κ1) is 36.9. The van der Waals surface area contributed by atoms with Crippen LogP contribution in [0, 0.1) is 0 Å². The highest BCUT2D eigenvalue weighted by atomic mass is 16.3. The Morgan fingerprint density at radius 3 is 1.60 bits per heavy atom. The van der Waals surface area contributed by atoms with Gasteiger partial charge in [0.2, 0.25) is 0 Å². The molecule has 2 heterocycles. The van der Waals surface area contributed by atoms with Gasteiger partial charge in [-0.15, -0.1) is 0 Å². The van der Waals surface area contributed by atoms with Crippen molar-refractivity contribution in [3.8, 4) is 39.1 Å². The molecule has 0 aliphatic heterocycles. The molecule has 3 heteroatoms. The lowest BCUT2D eigenvalue weighted by molar-refractivity contribution is 0.673. The number of fused-ring (bicyclic) bond motifs is 9. The molecule has 0 unspecified atom stereocenters. The van der Waals surface area contributed by atoms with Crippen LogP contribution < -0.4 is 4.90 Å². The molecule has 13 aromatic rings. The molecule has 2 aromatic heterocycles. The van der Waals surface area contributed by atoms with Crippen LogP contribution in [-0.2, 0) is 0 Å². The molecule has 304 valence electrons. The summed E-state index contributed by atoms with van der Waals surface area (Å²) in [6.45, 7) is 0. The van der Waals surface area contributed by atoms with Crippen LogP contribution in [0.2, 0.25) is 0 Å². The molecule has 0 bridgehead atoms. The van der Waals surface area contributed by atoms with E-state index < -0.39 is 0 Å². The van der Waals surface area contributed by atoms with E-state index in [1.54, 1.807) is 0 Å². The predicted molar refractivity (Wildman–Crippen MR) is 274 cm³/mol. The molecule has 0 saturated heterocycles. The van der Waals surface area contributed by atoms with E-state index in [1.165, 1.54) is 49.1 Å². The Morgan fingerprint density at radius 2 is 0.846 bits per heavy atom. The first-order chi connectivity index (χ1) is 32.2. The molecule has 0 saturated carbocycles. The van der Waals surface area contributed by atoms with Gasteiger partial charge in [-0.2, -0.15) is 0 Å². The minimum Gasteiger partial charge on any atom is -0.455 e. The second-order valence-electron chi connectivity index (χ2n) is 16.9. The summed E-state index contributed by atoms with van der Waals surface area (Å²) in [5.74, 6) is 0. The second-order valence-corrected chi connectivity index (χ2v) is 16.9. The molecule has 11 aromatic carbocycles. The lowest BCUT2D eigenvalue weighted by atomic mass is 9.97. The Morgan fingerprint density at radius 1 is 0.308 bits per heavy atom. The van der Waals surface area contributed by atoms with E-state index in [1.807, 2.05) is 0 Å². The number of para-hydroxylation sites is 2. The van der Waals surface area contributed by atoms with Crippen LogP contribution in [0.4, 0.5) is 17.1 Å². The highest BCUT2D eigenvalue weighted by molar-refractivity contribution is 6.15. The fraction of sp³-hybridized carbons (Fsp3) is 0. The SMILES string of the molecule is c1cc(-c2ccc3c(c2)oc2c4ccccc4ccc32)cc(N(c2ccc(-c3cccc(-n4c5ccccc5c5ccccc54)c3)cc2)c2cccc(-c3cccc4ccccc34)c2)c1. The first-order valence-electron chi connectivity index (χ1n) is 22.2. The highest BCUT2D eigenvalue weighted by Gasteiger charge is 2.18. The van der Waals surface area contributed by atoms with Gasteiger partial charge in [0, 0.05) is 49.7 Å². The highest BCUT2D eigenvalue weighted by Crippen LogP contribution is 2.42. The molecule has 65 heavy (non-hydrogen) atoms. The Labute approximate surface area is 376 Å². The minimum atomic E-state index is 0.886. The third-order valence-electron chi connectivity index (χ3n) is 13.1. The normalized spacial score (nSPS) is 11.7. The molecular weight excluding hydrogens is 789 g/mol. The van der Waals surface area contributed by atoms with Crippen LogP contribution in [0.3, 0.4) is 0 Å². The van der Waals surface area contributed by atoms with Crippen molar-refractivity contribution in [3.63, 3.8) is 0 Å². The van der Waals surface area contributed by atoms with E-state index in [0.29, 0.717) is 0 Å². The summed E-state index contributed by atoms with van der Waals surface area (Å²) in [5, 5.41) is 9.56. The molecular formula is C62H40N2O. The van der Waals surface area contributed by atoms with Gasteiger partial charge < -0.3 is 13.9 Å². The maximum Gasteiger partial charge on any atom is 0.143 e. The van der Waals surface area contributed by atoms with E-state index in [-0.39, 0.29) is 0 Å². The fourth-order valence-corrected chi connectivity index (χ4v) is 10.1. The van der Waals surface area contributed by atoms with Crippen LogP contribution in [0.5, 0.6) is 0 Å². The number of hydrogen-bond donors (Lipinski definition) is 0. The Kier molecular flexibility index (Phi) is 8.53. The smallest absolute Gasteiger partial charge is 0.143 e. The summed E-state index contributed by atoms with van der Waals surface area (Å²) in [4.78, 5) is 2.38. The zero-order valence-corrected chi connectivity index (χ0v) is 35.4. The van der Waals surface area contributed by atoms with Crippen LogP contribution in [0.1, 0.15) is 0 Å². The third-order valence-corrected chi connectivity index (χ3v) is 13.1. The summed E-state index contributed by atoms with van der Waals surface area (Å²) in [6.07, 6.45) is 0. The van der Waals surface area contributed by atoms with Gasteiger partial charge in [-0.1, -0.05) is 164 Å². The zero-order chi connectivity index (χ0) is 42.8. The minimum absolute atomic E-state index is 0.886. The predicted octanol–water partition coefficient (Wildman–Crippen LogP) is 17.5. The molecule has 0 amide bonds. The van der Waals surface area contributed by atoms with Gasteiger partial charge in [0.1, 0.15) is 11.2 Å². The summed E-state index contributed by atoms with van der Waals surface area (Å²) in [7, 11) is 0. The van der Waals surface area contributed by atoms with Gasteiger partial charge in [0.25, 0.3) is 0 Å². The largest absolute Gasteiger partial charge is 0.455 e. The Bertz CT molecular complexity index is 3910. The summed E-state index contributed by atoms with van der Waals surface area (Å²) in [5.41, 5.74) is 15.5. The molecule has 0 aliphatic carbocycles. The lowest BCUT2D eigenvalue weighted by Gasteiger charge is -2.27. The van der Waals surface area contributed by atoms with Crippen molar-refractivity contribution in [1.82, 2.24) is 4.57 Å². The Hall–Kier alpha value is -8.66. The molecule has 0 radical (unpaired) electrons. The average molecular weight is 829 g/mol. The molecule has 0 N–H and O–H groups in total. The summed E-state index contributed by atoms with van der Waals surface area (Å²) in [6, 6.07) is 87.7. The van der Waals surface area contributed by atoms with Crippen molar-refractivity contribution < 1.29 is 4.42 Å². The van der Waals surface area contributed by atoms with Crippen molar-refractivity contribution in [2.75, 3.05) is 4.90 Å². The molecule has 13 rings (SSSR count). The monoisotopic (exact) mass is 828 g/mol. The van der Waals surface area contributed by atoms with E-state index in [0.717, 1.165) is 72.3 Å². The molecule has 3 nitrogen and oxygen atoms in total. The van der Waals surface area contributed by atoms with E-state index in [9.17, 15) is 0 Å². The van der Waals surface area contributed by atoms with Crippen LogP contribution in [0.15, 0.2) is 247 Å². The van der Waals surface area contributed by atoms with Crippen molar-refractivity contribution in [3.05, 3.63) is 243 Å². The molecule has 0 aliphatic rings. The summed E-state index contributed by atoms with van der Waals surface area (Å²) >= 11 is 0. The van der Waals surface area contributed by atoms with Crippen LogP contribution in [0.25, 0.3) is 104 Å². The number of rotatable bonds is 7. The van der Waals surface area contributed by atoms with Crippen LogP contribution >= 0.6 is 0 Å². The fourth-order valence-electron chi connectivity index (χ4n) is 10.1. The lowest BCUT2D eigenvalue weighted by Crippen LogP contribution is -2.10. The Balaban J connectivity index is 0.920. The van der Waals surface area contributed by atoms with E-state index in [4.69, 9.17) is 4.42 Å². The molecule has 0 fully saturated rings. The third kappa shape index (κ3) is 6.20. The van der Waals surface area contributed by atoms with Crippen LogP contribution in [-0.4, -0.2) is 4.57 Å². The van der Waals surface area contributed by atoms with Gasteiger partial charge >= 0.3 is 0 Å². The number of anilines is 3. The van der Waals surface area contributed by atoms with Gasteiger partial charge in [0.15, 0.2) is 0 Å². The molecule has 0 atom stereocenters. The summed E-state index contributed by atoms with van der Waals surface area (Å²) < 4.78 is 9.01. The number of hydrogen-bond acceptors (Lipinski definition) is 2. The average Bonchev–Trinajstić information content (AvgIpc) is 3.93. The zero-order valence-electron chi connectivity index (χ0n) is 35.4. The number of benzene rings is 11. The van der Waals surface area contributed by atoms with Crippen molar-refractivity contribution in [2.45, 2.75) is 0 Å². The van der Waals surface area contributed by atoms with Gasteiger partial charge in [-0.3, -0.25) is 0 Å². The van der Waals surface area contributed by atoms with Gasteiger partial charge in [0.05, 0.1) is 11.0 Å². The van der Waals surface area contributed by atoms with Gasteiger partial charge in [-0.05, 0) is 128 Å². The number of aromatic nitrogens is 1. The number of furan rings is 1. The quantitative estimate of drug-likeness (QED) is 0.160. The standard InChI is InChI=1S/C62H40N2O/c1-3-22-52-42(13-1)15-12-26-53(52)47-18-11-20-50(39-47)63(49-19-10-17-45(38-49)46-32-35-57-58-36-31-43-14-2-4-23-54(43)62(58)65-61(57)40-46)48-33-29-41(30-34-48)44-16-9-21-51(37-44)64-59-27-7-5-24-55(59)56-25-6-8-28-60(56)64/h1-40H. The topological polar surface area (TPSA) is 21.3 Å². The van der Waals surface area contributed by atoms with Crippen molar-refractivity contribution >= 4 is 82.4 Å². The number of nitrogens with zero attached hydrogens (tertiary/aromatic N) is 2. The second kappa shape index (κ2) is 15.0. The first-order valence-corrected chi connectivity index (χ1v) is 22.2. The van der Waals surface area contributed by atoms with Crippen molar-refractivity contribution in [1.29, 1.82) is 0 Å². The van der Waals surface area contributed by atoms with E-state index in [2.05, 4.69) is 252 Å². The van der Waals surface area contributed by atoms with Crippen molar-refractivity contribution in [2.24, 2.45) is 0 Å².